The molecule has 7 nitrogen and oxygen atoms in total. The highest BCUT2D eigenvalue weighted by Gasteiger charge is 2.64. The summed E-state index contributed by atoms with van der Waals surface area (Å²) in [6, 6.07) is 0.195. The Hall–Kier alpha value is -2.18. The Morgan fingerprint density at radius 1 is 1.17 bits per heavy atom. The first-order chi connectivity index (χ1) is 13.5. The second kappa shape index (κ2) is 6.41. The number of carbonyl (C=O) groups is 3. The summed E-state index contributed by atoms with van der Waals surface area (Å²) in [5.74, 6) is -0.679. The van der Waals surface area contributed by atoms with Gasteiger partial charge in [-0.25, -0.2) is 0 Å². The molecule has 2 bridgehead atoms. The van der Waals surface area contributed by atoms with Crippen molar-refractivity contribution in [3.05, 3.63) is 17.0 Å². The number of aromatic nitrogens is 2. The molecule has 1 saturated heterocycles. The molecule has 2 atom stereocenters. The highest BCUT2D eigenvalue weighted by molar-refractivity contribution is 6.06. The van der Waals surface area contributed by atoms with Crippen molar-refractivity contribution in [1.82, 2.24) is 19.6 Å². The smallest absolute Gasteiger partial charge is 0.243 e. The zero-order valence-electron chi connectivity index (χ0n) is 18.4. The Morgan fingerprint density at radius 2 is 1.83 bits per heavy atom. The zero-order valence-corrected chi connectivity index (χ0v) is 18.4. The van der Waals surface area contributed by atoms with Gasteiger partial charge in [0.2, 0.25) is 17.7 Å². The lowest BCUT2D eigenvalue weighted by Gasteiger charge is -2.47. The first kappa shape index (κ1) is 20.1. The van der Waals surface area contributed by atoms with Gasteiger partial charge in [0.1, 0.15) is 6.54 Å². The lowest BCUT2D eigenvalue weighted by atomic mass is 9.62. The van der Waals surface area contributed by atoms with Crippen LogP contribution < -0.4 is 0 Å². The Morgan fingerprint density at radius 3 is 2.38 bits per heavy atom. The molecule has 1 aromatic rings. The van der Waals surface area contributed by atoms with E-state index in [4.69, 9.17) is 0 Å². The van der Waals surface area contributed by atoms with E-state index in [0.29, 0.717) is 13.0 Å². The van der Waals surface area contributed by atoms with Crippen LogP contribution in [-0.4, -0.2) is 49.9 Å². The van der Waals surface area contributed by atoms with Crippen molar-refractivity contribution in [1.29, 1.82) is 0 Å². The molecule has 0 radical (unpaired) electrons. The van der Waals surface area contributed by atoms with Crippen LogP contribution in [0.2, 0.25) is 0 Å². The number of imide groups is 1. The number of carbonyl (C=O) groups excluding carboxylic acids is 3. The van der Waals surface area contributed by atoms with Crippen molar-refractivity contribution in [2.45, 2.75) is 72.9 Å². The van der Waals surface area contributed by atoms with Crippen molar-refractivity contribution >= 4 is 17.7 Å². The number of fused-ring (bicyclic) bond motifs is 2. The Balaban J connectivity index is 1.56. The number of likely N-dealkylation sites (tertiary alicyclic amines) is 1. The fourth-order valence-corrected chi connectivity index (χ4v) is 5.30. The predicted molar refractivity (Wildman–Crippen MR) is 108 cm³/mol. The average molecular weight is 401 g/mol. The van der Waals surface area contributed by atoms with Gasteiger partial charge >= 0.3 is 0 Å². The molecule has 2 aliphatic carbocycles. The van der Waals surface area contributed by atoms with E-state index in [9.17, 15) is 14.4 Å². The third-order valence-corrected chi connectivity index (χ3v) is 8.10. The van der Waals surface area contributed by atoms with Crippen LogP contribution in [0.4, 0.5) is 0 Å². The minimum Gasteiger partial charge on any atom is -0.334 e. The van der Waals surface area contributed by atoms with Crippen molar-refractivity contribution in [3.8, 4) is 0 Å². The van der Waals surface area contributed by atoms with Crippen LogP contribution in [0.3, 0.4) is 0 Å². The summed E-state index contributed by atoms with van der Waals surface area (Å²) < 4.78 is 1.83. The first-order valence-electron chi connectivity index (χ1n) is 10.6. The minimum atomic E-state index is -0.577. The topological polar surface area (TPSA) is 75.5 Å². The molecule has 1 aliphatic heterocycles. The summed E-state index contributed by atoms with van der Waals surface area (Å²) >= 11 is 0. The lowest BCUT2D eigenvalue weighted by molar-refractivity contribution is -0.170. The van der Waals surface area contributed by atoms with Gasteiger partial charge < -0.3 is 4.90 Å². The molecule has 0 aromatic carbocycles. The second-order valence-electron chi connectivity index (χ2n) is 9.90. The molecule has 1 aromatic heterocycles. The van der Waals surface area contributed by atoms with E-state index in [1.165, 1.54) is 4.90 Å². The van der Waals surface area contributed by atoms with E-state index in [1.807, 2.05) is 51.2 Å². The quantitative estimate of drug-likeness (QED) is 0.711. The van der Waals surface area contributed by atoms with E-state index >= 15 is 0 Å². The number of hydrogen-bond donors (Lipinski definition) is 0. The van der Waals surface area contributed by atoms with Crippen LogP contribution in [0.25, 0.3) is 0 Å². The van der Waals surface area contributed by atoms with Gasteiger partial charge in [-0.15, -0.1) is 0 Å². The van der Waals surface area contributed by atoms with Gasteiger partial charge in [0, 0.05) is 36.8 Å². The van der Waals surface area contributed by atoms with Gasteiger partial charge in [-0.05, 0) is 44.9 Å². The summed E-state index contributed by atoms with van der Waals surface area (Å²) in [7, 11) is 1.90. The molecule has 29 heavy (non-hydrogen) atoms. The van der Waals surface area contributed by atoms with Gasteiger partial charge in [0.15, 0.2) is 0 Å². The monoisotopic (exact) mass is 400 g/mol. The van der Waals surface area contributed by atoms with Crippen molar-refractivity contribution < 1.29 is 14.4 Å². The van der Waals surface area contributed by atoms with Gasteiger partial charge in [-0.1, -0.05) is 20.8 Å². The van der Waals surface area contributed by atoms with Crippen LogP contribution in [0, 0.1) is 30.6 Å². The highest BCUT2D eigenvalue weighted by atomic mass is 16.2. The number of amides is 3. The molecule has 2 saturated carbocycles. The average Bonchev–Trinajstić information content (AvgIpc) is 3.41. The fourth-order valence-electron chi connectivity index (χ4n) is 5.30. The number of aryl methyl sites for hydroxylation is 2. The molecule has 4 rings (SSSR count). The number of nitrogens with zero attached hydrogens (tertiary/aromatic N) is 4. The van der Waals surface area contributed by atoms with E-state index in [2.05, 4.69) is 5.10 Å². The van der Waals surface area contributed by atoms with Gasteiger partial charge in [-0.2, -0.15) is 5.10 Å². The molecular formula is C22H32N4O3. The molecule has 0 spiro atoms. The molecule has 3 amide bonds. The number of rotatable bonds is 5. The molecule has 3 fully saturated rings. The summed E-state index contributed by atoms with van der Waals surface area (Å²) in [6.07, 6.45) is 3.37. The fraction of sp³-hybridized carbons (Fsp3) is 0.727. The lowest BCUT2D eigenvalue weighted by Crippen LogP contribution is -2.60. The van der Waals surface area contributed by atoms with Crippen molar-refractivity contribution in [2.24, 2.45) is 23.8 Å². The summed E-state index contributed by atoms with van der Waals surface area (Å²) in [6.45, 7) is 10.3. The normalized spacial score (nSPS) is 28.2. The largest absolute Gasteiger partial charge is 0.334 e. The molecule has 158 valence electrons. The van der Waals surface area contributed by atoms with Crippen LogP contribution in [-0.2, 0) is 28.0 Å². The van der Waals surface area contributed by atoms with Crippen molar-refractivity contribution in [2.75, 3.05) is 6.54 Å². The summed E-state index contributed by atoms with van der Waals surface area (Å²) in [5, 5.41) is 4.46. The number of piperidine rings is 1. The molecule has 3 aliphatic rings. The van der Waals surface area contributed by atoms with E-state index < -0.39 is 5.41 Å². The summed E-state index contributed by atoms with van der Waals surface area (Å²) in [5.41, 5.74) is 2.07. The first-order valence-corrected chi connectivity index (χ1v) is 10.6. The molecular weight excluding hydrogens is 368 g/mol. The van der Waals surface area contributed by atoms with Crippen LogP contribution in [0.5, 0.6) is 0 Å². The zero-order chi connectivity index (χ0) is 21.3. The Bertz CT molecular complexity index is 898. The molecule has 0 unspecified atom stereocenters. The maximum Gasteiger partial charge on any atom is 0.243 e. The van der Waals surface area contributed by atoms with E-state index in [0.717, 1.165) is 36.2 Å². The third kappa shape index (κ3) is 2.84. The van der Waals surface area contributed by atoms with E-state index in [-0.39, 0.29) is 41.6 Å². The molecule has 7 heteroatoms. The highest BCUT2D eigenvalue weighted by Crippen LogP contribution is 2.60. The van der Waals surface area contributed by atoms with Crippen LogP contribution in [0.1, 0.15) is 63.4 Å². The Labute approximate surface area is 172 Å². The van der Waals surface area contributed by atoms with Gasteiger partial charge in [0.25, 0.3) is 0 Å². The molecule has 2 heterocycles. The maximum absolute atomic E-state index is 13.3. The van der Waals surface area contributed by atoms with Crippen molar-refractivity contribution in [3.63, 3.8) is 0 Å². The maximum atomic E-state index is 13.3. The van der Waals surface area contributed by atoms with Crippen LogP contribution in [0.15, 0.2) is 0 Å². The molecule has 0 N–H and O–H groups in total. The standard InChI is InChI=1S/C22H32N4O3/c1-13-16(14(2)24(6)23-13)11-25(15-7-8-15)18(27)12-26-19(28)17-9-10-22(5,20(26)29)21(17,3)4/h15,17H,7-12H2,1-6H3/t17-,22+/m1/s1. The number of hydrogen-bond acceptors (Lipinski definition) is 4. The second-order valence-corrected chi connectivity index (χ2v) is 9.90. The minimum absolute atomic E-state index is 0.139. The third-order valence-electron chi connectivity index (χ3n) is 8.10. The predicted octanol–water partition coefficient (Wildman–Crippen LogP) is 2.34. The summed E-state index contributed by atoms with van der Waals surface area (Å²) in [4.78, 5) is 42.7. The SMILES string of the molecule is Cc1nn(C)c(C)c1CN(C(=O)CN1C(=O)[C@H]2CC[C@@](C)(C1=O)C2(C)C)C1CC1. The Kier molecular flexibility index (Phi) is 4.44. The van der Waals surface area contributed by atoms with Crippen LogP contribution >= 0.6 is 0 Å². The van der Waals surface area contributed by atoms with Gasteiger partial charge in [0.05, 0.1) is 11.1 Å². The van der Waals surface area contributed by atoms with E-state index in [1.54, 1.807) is 0 Å². The van der Waals surface area contributed by atoms with Gasteiger partial charge in [-0.3, -0.25) is 24.0 Å².